The molecule has 5 N–H and O–H groups in total. The minimum Gasteiger partial charge on any atom is -0.481 e. The van der Waals surface area contributed by atoms with Crippen LogP contribution in [-0.2, 0) is 28.5 Å². The molecule has 0 aromatic heterocycles. The van der Waals surface area contributed by atoms with E-state index >= 15 is 0 Å². The summed E-state index contributed by atoms with van der Waals surface area (Å²) >= 11 is 0. The highest BCUT2D eigenvalue weighted by molar-refractivity contribution is 5.73. The molecule has 2 heterocycles. The number of hydrogen-bond acceptors (Lipinski definition) is 10. The van der Waals surface area contributed by atoms with Gasteiger partial charge in [0.2, 0.25) is 0 Å². The summed E-state index contributed by atoms with van der Waals surface area (Å²) in [5, 5.41) is 52.8. The first kappa shape index (κ1) is 38.1. The van der Waals surface area contributed by atoms with Crippen molar-refractivity contribution in [3.05, 3.63) is 11.6 Å². The van der Waals surface area contributed by atoms with Crippen LogP contribution in [0.2, 0.25) is 0 Å². The largest absolute Gasteiger partial charge is 0.481 e. The second-order valence-electron chi connectivity index (χ2n) is 18.3. The Morgan fingerprint density at radius 1 is 1.00 bits per heavy atom. The smallest absolute Gasteiger partial charge is 0.307 e. The van der Waals surface area contributed by atoms with Crippen LogP contribution in [0.5, 0.6) is 0 Å². The first-order chi connectivity index (χ1) is 23.2. The van der Waals surface area contributed by atoms with Gasteiger partial charge >= 0.3 is 11.9 Å². The molecule has 284 valence electrons. The molecule has 6 rings (SSSR count). The fraction of sp³-hybridized carbons (Fsp3) is 0.897. The van der Waals surface area contributed by atoms with Crippen molar-refractivity contribution in [2.45, 2.75) is 150 Å². The second-order valence-corrected chi connectivity index (χ2v) is 18.3. The van der Waals surface area contributed by atoms with Crippen LogP contribution in [0.4, 0.5) is 0 Å². The Morgan fingerprint density at radius 2 is 1.68 bits per heavy atom. The zero-order valence-electron chi connectivity index (χ0n) is 31.4. The molecule has 0 aromatic rings. The third kappa shape index (κ3) is 5.14. The van der Waals surface area contributed by atoms with E-state index in [-0.39, 0.29) is 34.7 Å². The number of ether oxygens (including phenoxy) is 4. The number of fused-ring (bicyclic) bond motifs is 3. The van der Waals surface area contributed by atoms with Crippen LogP contribution in [0.25, 0.3) is 0 Å². The van der Waals surface area contributed by atoms with Gasteiger partial charge in [0.05, 0.1) is 25.2 Å². The van der Waals surface area contributed by atoms with Crippen molar-refractivity contribution in [1.82, 2.24) is 0 Å². The number of carbonyl (C=O) groups is 2. The van der Waals surface area contributed by atoms with Gasteiger partial charge in [-0.05, 0) is 85.4 Å². The van der Waals surface area contributed by atoms with E-state index < -0.39 is 83.6 Å². The zero-order chi connectivity index (χ0) is 36.9. The third-order valence-electron chi connectivity index (χ3n) is 16.0. The van der Waals surface area contributed by atoms with Crippen molar-refractivity contribution in [2.75, 3.05) is 13.2 Å². The summed E-state index contributed by atoms with van der Waals surface area (Å²) in [4.78, 5) is 26.2. The maximum atomic E-state index is 13.4. The summed E-state index contributed by atoms with van der Waals surface area (Å²) in [5.41, 5.74) is -1.05. The average Bonchev–Trinajstić information content (AvgIpc) is 3.04. The van der Waals surface area contributed by atoms with Gasteiger partial charge in [-0.15, -0.1) is 0 Å². The molecular formula is C39H62O11. The normalized spacial score (nSPS) is 52.2. The van der Waals surface area contributed by atoms with Gasteiger partial charge in [0.25, 0.3) is 0 Å². The quantitative estimate of drug-likeness (QED) is 0.147. The first-order valence-corrected chi connectivity index (χ1v) is 18.9. The minimum absolute atomic E-state index is 0.0426. The number of rotatable bonds is 7. The maximum absolute atomic E-state index is 13.4. The van der Waals surface area contributed by atoms with Gasteiger partial charge in [0.15, 0.2) is 6.29 Å². The molecule has 5 fully saturated rings. The predicted molar refractivity (Wildman–Crippen MR) is 182 cm³/mol. The summed E-state index contributed by atoms with van der Waals surface area (Å²) < 4.78 is 25.1. The summed E-state index contributed by atoms with van der Waals surface area (Å²) in [7, 11) is 0. The van der Waals surface area contributed by atoms with Gasteiger partial charge in [-0.1, -0.05) is 60.1 Å². The molecule has 2 aliphatic heterocycles. The van der Waals surface area contributed by atoms with Gasteiger partial charge in [-0.25, -0.2) is 0 Å². The lowest BCUT2D eigenvalue weighted by atomic mass is 9.34. The van der Waals surface area contributed by atoms with Crippen LogP contribution in [0.3, 0.4) is 0 Å². The molecule has 4 aliphatic carbocycles. The Labute approximate surface area is 297 Å². The van der Waals surface area contributed by atoms with Gasteiger partial charge in [0, 0.05) is 17.8 Å². The summed E-state index contributed by atoms with van der Waals surface area (Å²) in [6.07, 6.45) is -2.16. The highest BCUT2D eigenvalue weighted by Crippen LogP contribution is 2.75. The van der Waals surface area contributed by atoms with Crippen molar-refractivity contribution in [3.63, 3.8) is 0 Å². The van der Waals surface area contributed by atoms with E-state index in [0.29, 0.717) is 25.4 Å². The number of aliphatic carboxylic acids is 1. The average molecular weight is 707 g/mol. The van der Waals surface area contributed by atoms with Crippen molar-refractivity contribution in [2.24, 2.45) is 56.7 Å². The topological polar surface area (TPSA) is 172 Å². The number of aliphatic hydroxyl groups excluding tert-OH is 4. The molecule has 0 unspecified atom stereocenters. The number of aliphatic hydroxyl groups is 4. The minimum atomic E-state index is -1.61. The molecule has 11 heteroatoms. The van der Waals surface area contributed by atoms with Crippen molar-refractivity contribution in [1.29, 1.82) is 0 Å². The Morgan fingerprint density at radius 3 is 2.28 bits per heavy atom. The molecule has 3 saturated carbocycles. The number of carboxylic acid groups (broad SMARTS) is 1. The Kier molecular flexibility index (Phi) is 9.74. The van der Waals surface area contributed by atoms with Crippen molar-refractivity contribution < 1.29 is 54.1 Å². The molecule has 0 amide bonds. The molecule has 0 spiro atoms. The molecule has 2 bridgehead atoms. The van der Waals surface area contributed by atoms with E-state index in [2.05, 4.69) is 61.5 Å². The van der Waals surface area contributed by atoms with Crippen LogP contribution < -0.4 is 0 Å². The number of allylic oxidation sites excluding steroid dienone is 1. The number of esters is 1. The van der Waals surface area contributed by atoms with Crippen LogP contribution in [-0.4, -0.2) is 99.7 Å². The van der Waals surface area contributed by atoms with E-state index in [9.17, 15) is 35.1 Å². The lowest BCUT2D eigenvalue weighted by Crippen LogP contribution is -2.72. The van der Waals surface area contributed by atoms with Gasteiger partial charge in [-0.2, -0.15) is 0 Å². The number of carboxylic acids is 1. The Bertz CT molecular complexity index is 1360. The van der Waals surface area contributed by atoms with E-state index in [4.69, 9.17) is 18.9 Å². The lowest BCUT2D eigenvalue weighted by molar-refractivity contribution is -0.354. The molecule has 11 nitrogen and oxygen atoms in total. The third-order valence-corrected chi connectivity index (χ3v) is 16.0. The summed E-state index contributed by atoms with van der Waals surface area (Å²) in [5.74, 6) is -0.938. The van der Waals surface area contributed by atoms with E-state index in [1.807, 2.05) is 0 Å². The van der Waals surface area contributed by atoms with E-state index in [0.717, 1.165) is 25.7 Å². The summed E-state index contributed by atoms with van der Waals surface area (Å²) in [6.45, 7) is 18.7. The Balaban J connectivity index is 1.42. The van der Waals surface area contributed by atoms with Gasteiger partial charge in [-0.3, -0.25) is 9.59 Å². The molecule has 6 aliphatic rings. The molecule has 17 atom stereocenters. The van der Waals surface area contributed by atoms with E-state index in [1.165, 1.54) is 12.5 Å². The van der Waals surface area contributed by atoms with Gasteiger partial charge < -0.3 is 44.5 Å². The number of carbonyl (C=O) groups excluding carboxylic acids is 1. The second kappa shape index (κ2) is 12.8. The zero-order valence-corrected chi connectivity index (χ0v) is 31.4. The first-order valence-electron chi connectivity index (χ1n) is 18.9. The summed E-state index contributed by atoms with van der Waals surface area (Å²) in [6, 6.07) is 0. The SMILES string of the molecule is CC(=O)O[C@@H]1C[C@]23C4=CC[C@@]5(C)[C@H](C(=O)O)[C@@](C)([C@H](C)C(C)C)CC[C@]5(C)[C@H]4CC[C@H]2[C@@](C)(CO[C@H]3C)[C@H]1O[C@@H]1O[C@H](CO)[C@@H](O)[C@H](O)[C@H]1O. The van der Waals surface area contributed by atoms with Crippen molar-refractivity contribution in [3.8, 4) is 0 Å². The highest BCUT2D eigenvalue weighted by Gasteiger charge is 2.73. The number of hydrogen-bond donors (Lipinski definition) is 5. The lowest BCUT2D eigenvalue weighted by Gasteiger charge is -2.72. The van der Waals surface area contributed by atoms with Crippen LogP contribution in [0.15, 0.2) is 11.6 Å². The maximum Gasteiger partial charge on any atom is 0.307 e. The Hall–Kier alpha value is -1.60. The fourth-order valence-corrected chi connectivity index (χ4v) is 12.8. The highest BCUT2D eigenvalue weighted by atomic mass is 16.7. The predicted octanol–water partition coefficient (Wildman–Crippen LogP) is 4.08. The molecule has 0 radical (unpaired) electrons. The van der Waals surface area contributed by atoms with Crippen LogP contribution >= 0.6 is 0 Å². The van der Waals surface area contributed by atoms with E-state index in [1.54, 1.807) is 0 Å². The van der Waals surface area contributed by atoms with Gasteiger partial charge in [0.1, 0.15) is 36.6 Å². The molecular weight excluding hydrogens is 644 g/mol. The molecule has 50 heavy (non-hydrogen) atoms. The molecule has 2 saturated heterocycles. The standard InChI is InChI=1S/C39H62O11/c1-19(2)20(3)35(6)14-15-37(8)23-10-11-27-36(7)18-47-21(4)39(27,24(23)12-13-38(37,9)31(35)33(45)46)16-25(48-22(5)41)32(36)50-34-30(44)29(43)28(42)26(17-40)49-34/h12,19-21,23,25-32,34,40,42-44H,10-11,13-18H2,1-9H3,(H,45,46)/t20-,21+,23+,25-,26-,27+,28-,29+,30-,31-,32+,34+,35-,36-,37-,38+,39+/m1/s1. The van der Waals surface area contributed by atoms with Crippen LogP contribution in [0.1, 0.15) is 101 Å². The molecule has 0 aromatic carbocycles. The fourth-order valence-electron chi connectivity index (χ4n) is 12.8. The monoisotopic (exact) mass is 706 g/mol. The van der Waals surface area contributed by atoms with Crippen LogP contribution in [0, 0.1) is 56.7 Å². The van der Waals surface area contributed by atoms with Crippen molar-refractivity contribution >= 4 is 11.9 Å².